The number of rotatable bonds is 3. The maximum Gasteiger partial charge on any atom is 0.389 e. The molecular formula is C14H15ClF3N5. The van der Waals surface area contributed by atoms with Crippen molar-refractivity contribution < 1.29 is 13.2 Å². The van der Waals surface area contributed by atoms with E-state index in [1.807, 2.05) is 4.90 Å². The first-order valence-electron chi connectivity index (χ1n) is 7.16. The number of hydrogen-bond acceptors (Lipinski definition) is 4. The molecule has 9 heteroatoms. The Bertz CT molecular complexity index is 683. The molecule has 2 aromatic rings. The van der Waals surface area contributed by atoms with Gasteiger partial charge in [-0.25, -0.2) is 4.98 Å². The zero-order chi connectivity index (χ0) is 16.6. The first-order valence-corrected chi connectivity index (χ1v) is 7.54. The van der Waals surface area contributed by atoms with Crippen molar-refractivity contribution in [3.63, 3.8) is 0 Å². The summed E-state index contributed by atoms with van der Waals surface area (Å²) in [6.45, 7) is 0.885. The Balaban J connectivity index is 1.76. The van der Waals surface area contributed by atoms with Gasteiger partial charge in [-0.3, -0.25) is 4.57 Å². The molecule has 0 radical (unpaired) electrons. The molecule has 0 amide bonds. The van der Waals surface area contributed by atoms with Gasteiger partial charge in [0.1, 0.15) is 5.15 Å². The van der Waals surface area contributed by atoms with E-state index < -0.39 is 18.5 Å². The van der Waals surface area contributed by atoms with Crippen molar-refractivity contribution in [2.75, 3.05) is 18.0 Å². The molecule has 3 rings (SSSR count). The molecule has 1 unspecified atom stereocenters. The second-order valence-electron chi connectivity index (χ2n) is 5.67. The first-order chi connectivity index (χ1) is 10.8. The lowest BCUT2D eigenvalue weighted by Gasteiger charge is -2.17. The monoisotopic (exact) mass is 345 g/mol. The Hall–Kier alpha value is -1.83. The third-order valence-corrected chi connectivity index (χ3v) is 4.15. The zero-order valence-corrected chi connectivity index (χ0v) is 13.1. The van der Waals surface area contributed by atoms with Gasteiger partial charge >= 0.3 is 6.18 Å². The van der Waals surface area contributed by atoms with Gasteiger partial charge in [0.05, 0.1) is 0 Å². The Kier molecular flexibility index (Phi) is 4.18. The fourth-order valence-electron chi connectivity index (χ4n) is 2.86. The van der Waals surface area contributed by atoms with E-state index in [0.717, 1.165) is 5.56 Å². The molecule has 0 spiro atoms. The van der Waals surface area contributed by atoms with Gasteiger partial charge in [0.15, 0.2) is 5.82 Å². The van der Waals surface area contributed by atoms with Gasteiger partial charge in [-0.15, -0.1) is 10.2 Å². The zero-order valence-electron chi connectivity index (χ0n) is 12.4. The predicted molar refractivity (Wildman–Crippen MR) is 80.2 cm³/mol. The second-order valence-corrected chi connectivity index (χ2v) is 6.06. The van der Waals surface area contributed by atoms with Crippen LogP contribution in [-0.2, 0) is 7.05 Å². The lowest BCUT2D eigenvalue weighted by Crippen LogP contribution is -2.24. The van der Waals surface area contributed by atoms with Crippen LogP contribution in [0, 0.1) is 5.92 Å². The van der Waals surface area contributed by atoms with Crippen LogP contribution < -0.4 is 4.90 Å². The van der Waals surface area contributed by atoms with E-state index in [1.54, 1.807) is 29.9 Å². The van der Waals surface area contributed by atoms with Gasteiger partial charge in [0.25, 0.3) is 0 Å². The largest absolute Gasteiger partial charge is 0.389 e. The summed E-state index contributed by atoms with van der Waals surface area (Å²) in [5, 5.41) is 8.63. The number of hydrogen-bond donors (Lipinski definition) is 0. The summed E-state index contributed by atoms with van der Waals surface area (Å²) in [7, 11) is 1.79. The molecule has 0 N–H and O–H groups in total. The molecule has 3 heterocycles. The van der Waals surface area contributed by atoms with E-state index >= 15 is 0 Å². The third kappa shape index (κ3) is 3.57. The Morgan fingerprint density at radius 2 is 2.09 bits per heavy atom. The molecule has 1 saturated heterocycles. The Morgan fingerprint density at radius 1 is 1.30 bits per heavy atom. The van der Waals surface area contributed by atoms with Crippen LogP contribution in [0.15, 0.2) is 18.3 Å². The van der Waals surface area contributed by atoms with E-state index in [0.29, 0.717) is 36.4 Å². The van der Waals surface area contributed by atoms with Crippen LogP contribution in [0.3, 0.4) is 0 Å². The number of nitrogens with zero attached hydrogens (tertiary/aromatic N) is 5. The maximum absolute atomic E-state index is 12.5. The number of alkyl halides is 3. The standard InChI is InChI=1S/C14H15ClF3N5/c1-22-12(10-2-3-11(15)19-7-10)20-21-13(22)23-5-4-9(8-23)6-14(16,17)18/h2-3,7,9H,4-6,8H2,1H3. The Labute approximate surface area is 136 Å². The lowest BCUT2D eigenvalue weighted by atomic mass is 10.1. The SMILES string of the molecule is Cn1c(-c2ccc(Cl)nc2)nnc1N1CCC(CC(F)(F)F)C1. The third-order valence-electron chi connectivity index (χ3n) is 3.93. The molecule has 1 atom stereocenters. The maximum atomic E-state index is 12.5. The molecule has 1 fully saturated rings. The van der Waals surface area contributed by atoms with Gasteiger partial charge in [0, 0.05) is 38.3 Å². The van der Waals surface area contributed by atoms with Crippen LogP contribution >= 0.6 is 11.6 Å². The molecule has 1 aliphatic rings. The van der Waals surface area contributed by atoms with Crippen molar-refractivity contribution in [2.45, 2.75) is 19.0 Å². The fraction of sp³-hybridized carbons (Fsp3) is 0.500. The van der Waals surface area contributed by atoms with Crippen molar-refractivity contribution in [3.05, 3.63) is 23.5 Å². The van der Waals surface area contributed by atoms with Crippen LogP contribution in [0.1, 0.15) is 12.8 Å². The summed E-state index contributed by atoms with van der Waals surface area (Å²) in [5.41, 5.74) is 0.752. The van der Waals surface area contributed by atoms with E-state index in [-0.39, 0.29) is 0 Å². The summed E-state index contributed by atoms with van der Waals surface area (Å²) in [6.07, 6.45) is -2.78. The number of halogens is 4. The highest BCUT2D eigenvalue weighted by atomic mass is 35.5. The van der Waals surface area contributed by atoms with E-state index in [9.17, 15) is 13.2 Å². The van der Waals surface area contributed by atoms with Crippen LogP contribution in [0.5, 0.6) is 0 Å². The van der Waals surface area contributed by atoms with Crippen molar-refractivity contribution >= 4 is 17.5 Å². The molecule has 1 aliphatic heterocycles. The minimum Gasteiger partial charge on any atom is -0.341 e. The van der Waals surface area contributed by atoms with Gasteiger partial charge in [-0.05, 0) is 24.5 Å². The molecule has 0 aromatic carbocycles. The van der Waals surface area contributed by atoms with Crippen LogP contribution in [-0.4, -0.2) is 39.0 Å². The molecular weight excluding hydrogens is 331 g/mol. The van der Waals surface area contributed by atoms with Crippen molar-refractivity contribution in [2.24, 2.45) is 13.0 Å². The Morgan fingerprint density at radius 3 is 2.74 bits per heavy atom. The molecule has 0 saturated carbocycles. The quantitative estimate of drug-likeness (QED) is 0.801. The number of aromatic nitrogens is 4. The normalized spacial score (nSPS) is 18.7. The lowest BCUT2D eigenvalue weighted by molar-refractivity contribution is -0.142. The molecule has 0 aliphatic carbocycles. The van der Waals surface area contributed by atoms with Crippen molar-refractivity contribution in [3.8, 4) is 11.4 Å². The smallest absolute Gasteiger partial charge is 0.341 e. The van der Waals surface area contributed by atoms with Crippen LogP contribution in [0.4, 0.5) is 19.1 Å². The minimum atomic E-state index is -4.12. The summed E-state index contributed by atoms with van der Waals surface area (Å²) in [6, 6.07) is 3.43. The van der Waals surface area contributed by atoms with Gasteiger partial charge in [-0.2, -0.15) is 13.2 Å². The van der Waals surface area contributed by atoms with Crippen LogP contribution in [0.25, 0.3) is 11.4 Å². The number of anilines is 1. The second kappa shape index (κ2) is 5.99. The summed E-state index contributed by atoms with van der Waals surface area (Å²) in [4.78, 5) is 5.84. The highest BCUT2D eigenvalue weighted by Gasteiger charge is 2.36. The molecule has 23 heavy (non-hydrogen) atoms. The topological polar surface area (TPSA) is 46.8 Å². The molecule has 2 aromatic heterocycles. The summed E-state index contributed by atoms with van der Waals surface area (Å²) < 4.78 is 39.3. The minimum absolute atomic E-state index is 0.338. The van der Waals surface area contributed by atoms with Gasteiger partial charge in [0.2, 0.25) is 5.95 Å². The average Bonchev–Trinajstić information content (AvgIpc) is 3.05. The predicted octanol–water partition coefficient (Wildman–Crippen LogP) is 3.31. The van der Waals surface area contributed by atoms with E-state index in [1.165, 1.54) is 0 Å². The van der Waals surface area contributed by atoms with Gasteiger partial charge < -0.3 is 4.90 Å². The fourth-order valence-corrected chi connectivity index (χ4v) is 2.98. The van der Waals surface area contributed by atoms with Crippen molar-refractivity contribution in [1.82, 2.24) is 19.7 Å². The van der Waals surface area contributed by atoms with E-state index in [4.69, 9.17) is 11.6 Å². The highest BCUT2D eigenvalue weighted by Crippen LogP contribution is 2.32. The summed E-state index contributed by atoms with van der Waals surface area (Å²) >= 11 is 5.76. The van der Waals surface area contributed by atoms with Gasteiger partial charge in [-0.1, -0.05) is 11.6 Å². The highest BCUT2D eigenvalue weighted by molar-refractivity contribution is 6.29. The van der Waals surface area contributed by atoms with E-state index in [2.05, 4.69) is 15.2 Å². The molecule has 5 nitrogen and oxygen atoms in total. The number of pyridine rings is 1. The molecule has 0 bridgehead atoms. The van der Waals surface area contributed by atoms with Crippen LogP contribution in [0.2, 0.25) is 5.15 Å². The van der Waals surface area contributed by atoms with Crippen molar-refractivity contribution in [1.29, 1.82) is 0 Å². The summed E-state index contributed by atoms with van der Waals surface area (Å²) in [5.74, 6) is 0.774. The molecule has 124 valence electrons. The average molecular weight is 346 g/mol. The first kappa shape index (κ1) is 16.0.